The number of aromatic amines is 1. The number of aromatic nitrogens is 3. The quantitative estimate of drug-likeness (QED) is 0.779. The van der Waals surface area contributed by atoms with Crippen LogP contribution in [0.15, 0.2) is 30.5 Å². The first kappa shape index (κ1) is 8.69. The lowest BCUT2D eigenvalue weighted by atomic mass is 10.1. The topological polar surface area (TPSA) is 41.6 Å². The van der Waals surface area contributed by atoms with Crippen LogP contribution in [0.25, 0.3) is 12.2 Å². The van der Waals surface area contributed by atoms with Gasteiger partial charge in [-0.15, -0.1) is 0 Å². The highest BCUT2D eigenvalue weighted by atomic mass is 15.3. The maximum absolute atomic E-state index is 3.94. The largest absolute Gasteiger partial charge is 0.197 e. The number of nitrogens with one attached hydrogen (secondary N) is 1. The van der Waals surface area contributed by atoms with Crippen LogP contribution in [-0.2, 0) is 0 Å². The smallest absolute Gasteiger partial charge is 0.105 e. The monoisotopic (exact) mass is 185 g/mol. The molecule has 0 saturated heterocycles. The van der Waals surface area contributed by atoms with Crippen molar-refractivity contribution in [1.29, 1.82) is 0 Å². The molecule has 0 saturated carbocycles. The van der Waals surface area contributed by atoms with Gasteiger partial charge in [0.05, 0.1) is 6.20 Å². The number of hydrogen-bond acceptors (Lipinski definition) is 2. The van der Waals surface area contributed by atoms with E-state index in [1.54, 1.807) is 6.20 Å². The molecule has 0 aliphatic heterocycles. The van der Waals surface area contributed by atoms with Crippen molar-refractivity contribution < 1.29 is 0 Å². The molecule has 0 bridgehead atoms. The highest BCUT2D eigenvalue weighted by molar-refractivity contribution is 5.69. The average Bonchev–Trinajstić information content (AvgIpc) is 2.69. The minimum atomic E-state index is 0.841. The molecular formula is C11H11N3. The Morgan fingerprint density at radius 3 is 2.79 bits per heavy atom. The van der Waals surface area contributed by atoms with Gasteiger partial charge in [0.2, 0.25) is 0 Å². The summed E-state index contributed by atoms with van der Waals surface area (Å²) < 4.78 is 0. The molecule has 70 valence electrons. The van der Waals surface area contributed by atoms with Gasteiger partial charge in [-0.2, -0.15) is 15.4 Å². The van der Waals surface area contributed by atoms with E-state index in [1.165, 1.54) is 11.1 Å². The van der Waals surface area contributed by atoms with Gasteiger partial charge in [0.15, 0.2) is 0 Å². The summed E-state index contributed by atoms with van der Waals surface area (Å²) in [6, 6.07) is 8.21. The number of benzene rings is 1. The summed E-state index contributed by atoms with van der Waals surface area (Å²) in [6.45, 7) is 2.09. The van der Waals surface area contributed by atoms with Crippen LogP contribution in [0.2, 0.25) is 0 Å². The van der Waals surface area contributed by atoms with E-state index in [-0.39, 0.29) is 0 Å². The normalized spacial score (nSPS) is 10.9. The number of aryl methyl sites for hydroxylation is 1. The molecule has 3 nitrogen and oxygen atoms in total. The Kier molecular flexibility index (Phi) is 2.40. The Labute approximate surface area is 82.5 Å². The lowest BCUT2D eigenvalue weighted by Gasteiger charge is -1.96. The molecule has 0 aliphatic rings. The van der Waals surface area contributed by atoms with Gasteiger partial charge >= 0.3 is 0 Å². The van der Waals surface area contributed by atoms with Crippen molar-refractivity contribution in [2.24, 2.45) is 0 Å². The second-order valence-corrected chi connectivity index (χ2v) is 3.08. The molecular weight excluding hydrogens is 174 g/mol. The predicted octanol–water partition coefficient (Wildman–Crippen LogP) is 2.28. The summed E-state index contributed by atoms with van der Waals surface area (Å²) in [4.78, 5) is 0. The summed E-state index contributed by atoms with van der Waals surface area (Å²) in [5.41, 5.74) is 3.30. The highest BCUT2D eigenvalue weighted by Gasteiger charge is 1.92. The Bertz CT molecular complexity index is 430. The predicted molar refractivity (Wildman–Crippen MR) is 56.5 cm³/mol. The standard InChI is InChI=1S/C11H11N3/c1-9-4-2-3-5-10(9)6-7-11-8-12-14-13-11/h2-8H,1H3,(H,12,13,14)/b7-6+. The first-order valence-corrected chi connectivity index (χ1v) is 4.46. The van der Waals surface area contributed by atoms with Crippen LogP contribution in [0.5, 0.6) is 0 Å². The zero-order valence-electron chi connectivity index (χ0n) is 7.94. The fourth-order valence-corrected chi connectivity index (χ4v) is 1.24. The van der Waals surface area contributed by atoms with E-state index < -0.39 is 0 Å². The second-order valence-electron chi connectivity index (χ2n) is 3.08. The zero-order chi connectivity index (χ0) is 9.80. The zero-order valence-corrected chi connectivity index (χ0v) is 7.94. The Morgan fingerprint density at radius 1 is 1.21 bits per heavy atom. The van der Waals surface area contributed by atoms with Crippen molar-refractivity contribution in [2.45, 2.75) is 6.92 Å². The van der Waals surface area contributed by atoms with Crippen molar-refractivity contribution in [1.82, 2.24) is 15.4 Å². The van der Waals surface area contributed by atoms with E-state index >= 15 is 0 Å². The molecule has 0 fully saturated rings. The third-order valence-electron chi connectivity index (χ3n) is 2.06. The summed E-state index contributed by atoms with van der Waals surface area (Å²) >= 11 is 0. The van der Waals surface area contributed by atoms with E-state index in [9.17, 15) is 0 Å². The molecule has 1 aromatic heterocycles. The first-order valence-electron chi connectivity index (χ1n) is 4.46. The van der Waals surface area contributed by atoms with Crippen molar-refractivity contribution in [3.05, 3.63) is 47.3 Å². The SMILES string of the molecule is Cc1ccccc1/C=C/c1cn[nH]n1. The van der Waals surface area contributed by atoms with Gasteiger partial charge < -0.3 is 0 Å². The third-order valence-corrected chi connectivity index (χ3v) is 2.06. The molecule has 1 heterocycles. The molecule has 14 heavy (non-hydrogen) atoms. The number of H-pyrrole nitrogens is 1. The maximum atomic E-state index is 3.94. The molecule has 2 rings (SSSR count). The molecule has 2 aromatic rings. The summed E-state index contributed by atoms with van der Waals surface area (Å²) in [5.74, 6) is 0. The minimum absolute atomic E-state index is 0.841. The summed E-state index contributed by atoms with van der Waals surface area (Å²) in [5, 5.41) is 10.2. The summed E-state index contributed by atoms with van der Waals surface area (Å²) in [7, 11) is 0. The van der Waals surface area contributed by atoms with Gasteiger partial charge in [-0.05, 0) is 24.1 Å². The van der Waals surface area contributed by atoms with E-state index in [2.05, 4.69) is 34.5 Å². The van der Waals surface area contributed by atoms with Gasteiger partial charge in [0, 0.05) is 0 Å². The second kappa shape index (κ2) is 3.87. The fourth-order valence-electron chi connectivity index (χ4n) is 1.24. The molecule has 1 aromatic carbocycles. The van der Waals surface area contributed by atoms with Crippen molar-refractivity contribution >= 4 is 12.2 Å². The first-order chi connectivity index (χ1) is 6.86. The molecule has 1 N–H and O–H groups in total. The molecule has 0 unspecified atom stereocenters. The maximum Gasteiger partial charge on any atom is 0.105 e. The minimum Gasteiger partial charge on any atom is -0.197 e. The van der Waals surface area contributed by atoms with Gasteiger partial charge in [0.25, 0.3) is 0 Å². The number of nitrogens with zero attached hydrogens (tertiary/aromatic N) is 2. The third kappa shape index (κ3) is 1.88. The van der Waals surface area contributed by atoms with Gasteiger partial charge in [0.1, 0.15) is 5.69 Å². The highest BCUT2D eigenvalue weighted by Crippen LogP contribution is 2.10. The summed E-state index contributed by atoms with van der Waals surface area (Å²) in [6.07, 6.45) is 5.66. The van der Waals surface area contributed by atoms with Gasteiger partial charge in [-0.1, -0.05) is 30.3 Å². The van der Waals surface area contributed by atoms with E-state index in [0.717, 1.165) is 5.69 Å². The van der Waals surface area contributed by atoms with Crippen LogP contribution in [0.3, 0.4) is 0 Å². The van der Waals surface area contributed by atoms with Crippen LogP contribution in [0, 0.1) is 6.92 Å². The van der Waals surface area contributed by atoms with Gasteiger partial charge in [-0.3, -0.25) is 0 Å². The Balaban J connectivity index is 2.23. The Hall–Kier alpha value is -1.90. The molecule has 0 aliphatic carbocycles. The Morgan fingerprint density at radius 2 is 2.07 bits per heavy atom. The van der Waals surface area contributed by atoms with E-state index in [1.807, 2.05) is 24.3 Å². The van der Waals surface area contributed by atoms with E-state index in [0.29, 0.717) is 0 Å². The number of rotatable bonds is 2. The van der Waals surface area contributed by atoms with Crippen molar-refractivity contribution in [2.75, 3.05) is 0 Å². The van der Waals surface area contributed by atoms with Crippen LogP contribution in [-0.4, -0.2) is 15.4 Å². The van der Waals surface area contributed by atoms with Crippen molar-refractivity contribution in [3.63, 3.8) is 0 Å². The van der Waals surface area contributed by atoms with Crippen LogP contribution in [0.4, 0.5) is 0 Å². The lowest BCUT2D eigenvalue weighted by Crippen LogP contribution is -1.78. The molecule has 0 spiro atoms. The molecule has 0 atom stereocenters. The van der Waals surface area contributed by atoms with Crippen molar-refractivity contribution in [3.8, 4) is 0 Å². The molecule has 3 heteroatoms. The fraction of sp³-hybridized carbons (Fsp3) is 0.0909. The lowest BCUT2D eigenvalue weighted by molar-refractivity contribution is 0.937. The van der Waals surface area contributed by atoms with Crippen LogP contribution < -0.4 is 0 Å². The number of hydrogen-bond donors (Lipinski definition) is 1. The van der Waals surface area contributed by atoms with Crippen LogP contribution in [0.1, 0.15) is 16.8 Å². The molecule has 0 radical (unpaired) electrons. The van der Waals surface area contributed by atoms with E-state index in [4.69, 9.17) is 0 Å². The van der Waals surface area contributed by atoms with Gasteiger partial charge in [-0.25, -0.2) is 0 Å². The average molecular weight is 185 g/mol. The molecule has 0 amide bonds. The van der Waals surface area contributed by atoms with Crippen LogP contribution >= 0.6 is 0 Å².